The third kappa shape index (κ3) is 11.7. The van der Waals surface area contributed by atoms with Crippen molar-refractivity contribution in [2.45, 2.75) is 90.1 Å². The number of methoxy groups -OCH3 is 1. The molecule has 382 valence electrons. The fraction of sp³-hybridized carbons (Fsp3) is 0.491. The second-order valence-corrected chi connectivity index (χ2v) is 22.1. The number of thiophene rings is 1. The number of aromatic nitrogens is 2. The molecule has 3 aliphatic heterocycles. The third-order valence-electron chi connectivity index (χ3n) is 15.0. The number of amides is 5. The van der Waals surface area contributed by atoms with Crippen molar-refractivity contribution < 1.29 is 28.7 Å². The Hall–Kier alpha value is -5.32. The van der Waals surface area contributed by atoms with Crippen LogP contribution in [0.4, 0.5) is 16.3 Å². The highest BCUT2D eigenvalue weighted by Gasteiger charge is 2.34. The van der Waals surface area contributed by atoms with E-state index in [1.807, 2.05) is 30.0 Å². The Kier molecular flexibility index (Phi) is 16.4. The van der Waals surface area contributed by atoms with E-state index in [1.165, 1.54) is 15.3 Å². The summed E-state index contributed by atoms with van der Waals surface area (Å²) in [5.74, 6) is 3.21. The first-order chi connectivity index (χ1) is 34.7. The first kappa shape index (κ1) is 51.6. The lowest BCUT2D eigenvalue weighted by molar-refractivity contribution is -0.138. The molecule has 0 spiro atoms. The van der Waals surface area contributed by atoms with Gasteiger partial charge in [-0.15, -0.1) is 11.3 Å². The molecule has 3 aromatic carbocycles. The molecule has 1 aliphatic carbocycles. The standard InChI is InChI=1S/C55H66Cl2N8O6S/c1-33(49-26-41(32-72-49)51-40(29-62(3)4)7-6-8-45(51)57)58-52-43-27-42(48(70-5)28-46(43)59-34(2)60-52)37-9-11-38(12-10-37)53(67)63-20-15-35(16-21-63)30-71-31-36-17-22-64(23-18-36)54(68)39-13-14-44(56)47(25-39)65-24-19-50(66)61-55(65)69/h6-8,13-14,25-28,32-33,35-38H,9-12,15-24,29-31H2,1-5H3,(H,58,59,60)(H,61,66,69)/t33-,37?,38?/m1/s1. The van der Waals surface area contributed by atoms with Gasteiger partial charge in [0.2, 0.25) is 11.8 Å². The van der Waals surface area contributed by atoms with Gasteiger partial charge in [0.25, 0.3) is 5.91 Å². The van der Waals surface area contributed by atoms with E-state index in [9.17, 15) is 19.2 Å². The number of hydrogen-bond acceptors (Lipinski definition) is 11. The fourth-order valence-corrected chi connectivity index (χ4v) is 12.4. The summed E-state index contributed by atoms with van der Waals surface area (Å²) in [6.07, 6.45) is 7.23. The smallest absolute Gasteiger partial charge is 0.328 e. The number of ether oxygens (including phenoxy) is 2. The molecule has 2 N–H and O–H groups in total. The van der Waals surface area contributed by atoms with Gasteiger partial charge in [-0.25, -0.2) is 14.8 Å². The van der Waals surface area contributed by atoms with Crippen molar-refractivity contribution >= 4 is 80.7 Å². The van der Waals surface area contributed by atoms with Gasteiger partial charge in [-0.3, -0.25) is 24.6 Å². The van der Waals surface area contributed by atoms with Gasteiger partial charge in [-0.1, -0.05) is 35.3 Å². The number of nitrogens with zero attached hydrogens (tertiary/aromatic N) is 6. The van der Waals surface area contributed by atoms with Gasteiger partial charge >= 0.3 is 6.03 Å². The van der Waals surface area contributed by atoms with E-state index >= 15 is 0 Å². The maximum atomic E-state index is 13.9. The van der Waals surface area contributed by atoms with Crippen LogP contribution in [0, 0.1) is 24.7 Å². The summed E-state index contributed by atoms with van der Waals surface area (Å²) in [5, 5.41) is 10.3. The number of aryl methyl sites for hydroxylation is 1. The highest BCUT2D eigenvalue weighted by molar-refractivity contribution is 7.10. The Morgan fingerprint density at radius 1 is 0.875 bits per heavy atom. The predicted molar refractivity (Wildman–Crippen MR) is 285 cm³/mol. The quantitative estimate of drug-likeness (QED) is 0.104. The lowest BCUT2D eigenvalue weighted by atomic mass is 9.77. The second kappa shape index (κ2) is 22.8. The van der Waals surface area contributed by atoms with Gasteiger partial charge < -0.3 is 29.5 Å². The van der Waals surface area contributed by atoms with Gasteiger partial charge in [-0.05, 0) is 156 Å². The summed E-state index contributed by atoms with van der Waals surface area (Å²) in [6.45, 7) is 9.19. The van der Waals surface area contributed by atoms with Crippen LogP contribution in [0.25, 0.3) is 22.0 Å². The number of carbonyl (C=O) groups excluding carboxylic acids is 4. The van der Waals surface area contributed by atoms with Gasteiger partial charge in [-0.2, -0.15) is 0 Å². The summed E-state index contributed by atoms with van der Waals surface area (Å²) in [6, 6.07) is 17.0. The summed E-state index contributed by atoms with van der Waals surface area (Å²) in [5.41, 5.74) is 6.24. The largest absolute Gasteiger partial charge is 0.496 e. The van der Waals surface area contributed by atoms with Crippen LogP contribution in [0.1, 0.15) is 109 Å². The minimum Gasteiger partial charge on any atom is -0.496 e. The van der Waals surface area contributed by atoms with Crippen molar-refractivity contribution in [1.82, 2.24) is 30.0 Å². The predicted octanol–water partition coefficient (Wildman–Crippen LogP) is 10.7. The zero-order valence-corrected chi connectivity index (χ0v) is 44.3. The maximum Gasteiger partial charge on any atom is 0.328 e. The molecule has 1 atom stereocenters. The molecule has 0 unspecified atom stereocenters. The number of piperidine rings is 2. The summed E-state index contributed by atoms with van der Waals surface area (Å²) < 4.78 is 12.3. The minimum absolute atomic E-state index is 0.0199. The zero-order valence-electron chi connectivity index (χ0n) is 42.0. The minimum atomic E-state index is -0.540. The highest BCUT2D eigenvalue weighted by atomic mass is 35.5. The normalized spacial score (nSPS) is 19.8. The van der Waals surface area contributed by atoms with Crippen molar-refractivity contribution in [1.29, 1.82) is 0 Å². The SMILES string of the molecule is COc1cc2nc(C)nc(N[C@H](C)c3cc(-c4c(Cl)cccc4CN(C)C)cs3)c2cc1C1CCC(C(=O)N2CCC(COCC3CCN(C(=O)c4ccc(Cl)c(N5CCC(=O)NC5=O)c4)CC3)CC2)CC1. The Balaban J connectivity index is 0.735. The number of fused-ring (bicyclic) bond motifs is 1. The lowest BCUT2D eigenvalue weighted by Crippen LogP contribution is -2.49. The number of imide groups is 1. The molecule has 9 rings (SSSR count). The number of rotatable bonds is 15. The Morgan fingerprint density at radius 2 is 1.58 bits per heavy atom. The van der Waals surface area contributed by atoms with E-state index in [-0.39, 0.29) is 48.6 Å². The molecule has 0 radical (unpaired) electrons. The average molecular weight is 1040 g/mol. The van der Waals surface area contributed by atoms with Crippen LogP contribution in [0.3, 0.4) is 0 Å². The molecule has 5 aromatic rings. The maximum absolute atomic E-state index is 13.9. The van der Waals surface area contributed by atoms with E-state index in [0.717, 1.165) is 115 Å². The van der Waals surface area contributed by atoms with E-state index in [0.29, 0.717) is 60.2 Å². The van der Waals surface area contributed by atoms with Crippen LogP contribution in [-0.4, -0.2) is 116 Å². The molecule has 2 aromatic heterocycles. The van der Waals surface area contributed by atoms with E-state index < -0.39 is 6.03 Å². The van der Waals surface area contributed by atoms with E-state index in [1.54, 1.807) is 36.6 Å². The first-order valence-electron chi connectivity index (χ1n) is 25.4. The van der Waals surface area contributed by atoms with E-state index in [2.05, 4.69) is 65.0 Å². The zero-order chi connectivity index (χ0) is 50.6. The molecule has 17 heteroatoms. The van der Waals surface area contributed by atoms with Crippen LogP contribution in [0.5, 0.6) is 5.75 Å². The molecule has 4 aliphatic rings. The van der Waals surface area contributed by atoms with E-state index in [4.69, 9.17) is 42.6 Å². The fourth-order valence-electron chi connectivity index (χ4n) is 11.0. The van der Waals surface area contributed by atoms with Crippen molar-refractivity contribution in [2.24, 2.45) is 17.8 Å². The Morgan fingerprint density at radius 3 is 2.26 bits per heavy atom. The van der Waals surface area contributed by atoms with Crippen molar-refractivity contribution in [3.8, 4) is 16.9 Å². The summed E-state index contributed by atoms with van der Waals surface area (Å²) in [7, 11) is 5.86. The number of hydrogen-bond donors (Lipinski definition) is 2. The molecule has 14 nitrogen and oxygen atoms in total. The number of nitrogens with one attached hydrogen (secondary N) is 2. The molecule has 3 saturated heterocycles. The van der Waals surface area contributed by atoms with Crippen LogP contribution in [-0.2, 0) is 20.9 Å². The molecule has 5 heterocycles. The van der Waals surface area contributed by atoms with Crippen molar-refractivity contribution in [3.63, 3.8) is 0 Å². The molecule has 4 fully saturated rings. The Bertz CT molecular complexity index is 2800. The van der Waals surface area contributed by atoms with Crippen molar-refractivity contribution in [2.75, 3.05) is 77.4 Å². The second-order valence-electron chi connectivity index (χ2n) is 20.4. The number of urea groups is 1. The third-order valence-corrected chi connectivity index (χ3v) is 16.8. The topological polar surface area (TPSA) is 150 Å². The molecular weight excluding hydrogens is 972 g/mol. The number of carbonyl (C=O) groups is 4. The van der Waals surface area contributed by atoms with Crippen LogP contribution in [0.2, 0.25) is 10.0 Å². The van der Waals surface area contributed by atoms with Crippen LogP contribution in [0.15, 0.2) is 60.0 Å². The lowest BCUT2D eigenvalue weighted by Gasteiger charge is -2.37. The highest BCUT2D eigenvalue weighted by Crippen LogP contribution is 2.44. The molecule has 1 saturated carbocycles. The van der Waals surface area contributed by atoms with Gasteiger partial charge in [0.15, 0.2) is 0 Å². The molecule has 5 amide bonds. The molecular formula is C55H66Cl2N8O6S. The van der Waals surface area contributed by atoms with Crippen molar-refractivity contribution in [3.05, 3.63) is 97.4 Å². The van der Waals surface area contributed by atoms with Gasteiger partial charge in [0.05, 0.1) is 29.4 Å². The van der Waals surface area contributed by atoms with Gasteiger partial charge in [0.1, 0.15) is 17.4 Å². The molecule has 72 heavy (non-hydrogen) atoms. The number of halogens is 2. The molecule has 0 bridgehead atoms. The number of benzene rings is 3. The van der Waals surface area contributed by atoms with Crippen LogP contribution < -0.4 is 20.3 Å². The first-order valence-corrected chi connectivity index (χ1v) is 27.1. The summed E-state index contributed by atoms with van der Waals surface area (Å²) in [4.78, 5) is 70.0. The number of likely N-dealkylation sites (tertiary alicyclic amines) is 2. The average Bonchev–Trinajstić information content (AvgIpc) is 3.86. The van der Waals surface area contributed by atoms with Crippen LogP contribution >= 0.6 is 34.5 Å². The number of anilines is 2. The Labute approximate surface area is 436 Å². The summed E-state index contributed by atoms with van der Waals surface area (Å²) >= 11 is 14.9. The monoisotopic (exact) mass is 1040 g/mol. The van der Waals surface area contributed by atoms with Gasteiger partial charge in [0, 0.05) is 97.3 Å².